The van der Waals surface area contributed by atoms with Crippen molar-refractivity contribution < 1.29 is 76.5 Å². The molecule has 0 amide bonds. The normalized spacial score (nSPS) is 12.5. The molecule has 0 atom stereocenters. The van der Waals surface area contributed by atoms with Crippen molar-refractivity contribution in [3.05, 3.63) is 33.9 Å². The number of ether oxygens (including phenoxy) is 3. The molecule has 0 aliphatic heterocycles. The summed E-state index contributed by atoms with van der Waals surface area (Å²) >= 11 is 0. The van der Waals surface area contributed by atoms with E-state index in [2.05, 4.69) is 24.4 Å². The smallest absolute Gasteiger partial charge is 0.453 e. The number of halogens is 12. The van der Waals surface area contributed by atoms with Gasteiger partial charge >= 0.3 is 42.7 Å². The molecule has 10 nitrogen and oxygen atoms in total. The number of carbonyl (C=O) groups excluding carboxylic acids is 2. The van der Waals surface area contributed by atoms with Crippen LogP contribution in [0.3, 0.4) is 0 Å². The van der Waals surface area contributed by atoms with Gasteiger partial charge in [-0.2, -0.15) is 57.8 Å². The fourth-order valence-corrected chi connectivity index (χ4v) is 2.75. The van der Waals surface area contributed by atoms with Crippen LogP contribution < -0.4 is 10.3 Å². The van der Waals surface area contributed by atoms with Gasteiger partial charge in [0.15, 0.2) is 5.69 Å². The van der Waals surface area contributed by atoms with E-state index in [0.29, 0.717) is 15.4 Å². The van der Waals surface area contributed by atoms with E-state index in [0.717, 1.165) is 6.07 Å². The monoisotopic (exact) mass is 654 g/mol. The van der Waals surface area contributed by atoms with E-state index in [1.54, 1.807) is 0 Å². The molecule has 2 heterocycles. The van der Waals surface area contributed by atoms with Crippen molar-refractivity contribution in [3.63, 3.8) is 0 Å². The van der Waals surface area contributed by atoms with Crippen LogP contribution in [-0.2, 0) is 22.6 Å². The van der Waals surface area contributed by atoms with Gasteiger partial charge in [-0.25, -0.2) is 14.3 Å². The standard InChI is InChI=1S/C11H11F7N2O3.C10H11F5N2O3/c1-2-22-8(21)6-5-7(23-9(12)13)20(19-6)4-3-10(14,15)11(16,17)18;1-2-20-8(19)6-5-7(18)17(16-6)4-3-9(11,12)10(13,14)15/h5,9H,2-4H2,1H3;5,16H,2-4H2,1H3. The molecule has 0 saturated carbocycles. The third-order valence-electron chi connectivity index (χ3n) is 4.84. The first kappa shape index (κ1) is 37.1. The summed E-state index contributed by atoms with van der Waals surface area (Å²) in [5.74, 6) is -12.8. The summed E-state index contributed by atoms with van der Waals surface area (Å²) in [6.45, 7) is -2.50. The number of aromatic nitrogens is 4. The quantitative estimate of drug-likeness (QED) is 0.247. The number of nitrogens with one attached hydrogen (secondary N) is 1. The number of hydrogen-bond acceptors (Lipinski definition) is 7. The second-order valence-electron chi connectivity index (χ2n) is 7.97. The minimum Gasteiger partial charge on any atom is -0.461 e. The van der Waals surface area contributed by atoms with Gasteiger partial charge in [-0.1, -0.05) is 0 Å². The maximum Gasteiger partial charge on any atom is 0.453 e. The van der Waals surface area contributed by atoms with E-state index in [1.165, 1.54) is 13.8 Å². The first-order chi connectivity index (χ1) is 19.6. The molecule has 0 unspecified atom stereocenters. The summed E-state index contributed by atoms with van der Waals surface area (Å²) < 4.78 is 161. The predicted molar refractivity (Wildman–Crippen MR) is 117 cm³/mol. The Kier molecular flexibility index (Phi) is 12.6. The molecule has 1 N–H and O–H groups in total. The van der Waals surface area contributed by atoms with Crippen LogP contribution in [-0.4, -0.2) is 75.5 Å². The van der Waals surface area contributed by atoms with Gasteiger partial charge in [0.2, 0.25) is 5.88 Å². The summed E-state index contributed by atoms with van der Waals surface area (Å²) in [6, 6.07) is 1.43. The van der Waals surface area contributed by atoms with Gasteiger partial charge in [0.1, 0.15) is 5.69 Å². The van der Waals surface area contributed by atoms with E-state index >= 15 is 0 Å². The highest BCUT2D eigenvalue weighted by atomic mass is 19.4. The van der Waals surface area contributed by atoms with Crippen LogP contribution in [0, 0.1) is 0 Å². The topological polar surface area (TPSA) is 117 Å². The first-order valence-corrected chi connectivity index (χ1v) is 11.6. The SMILES string of the molecule is CCOC(=O)c1cc(=O)n(CCC(F)(F)C(F)(F)F)[nH]1.CCOC(=O)c1cc(OC(F)F)n(CCC(F)(F)C(F)(F)F)n1. The number of alkyl halides is 12. The number of aromatic amines is 1. The van der Waals surface area contributed by atoms with Crippen LogP contribution in [0.2, 0.25) is 0 Å². The maximum absolute atomic E-state index is 12.8. The Morgan fingerprint density at radius 2 is 1.33 bits per heavy atom. The molecule has 0 saturated heterocycles. The molecule has 0 aliphatic carbocycles. The third kappa shape index (κ3) is 10.7. The predicted octanol–water partition coefficient (Wildman–Crippen LogP) is 5.19. The minimum absolute atomic E-state index is 0.0260. The number of nitrogens with zero attached hydrogens (tertiary/aromatic N) is 3. The van der Waals surface area contributed by atoms with Crippen LogP contribution in [0.25, 0.3) is 0 Å². The van der Waals surface area contributed by atoms with Gasteiger partial charge in [0, 0.05) is 31.5 Å². The Bertz CT molecular complexity index is 1270. The Balaban J connectivity index is 0.000000434. The van der Waals surface area contributed by atoms with E-state index in [9.17, 15) is 67.1 Å². The van der Waals surface area contributed by atoms with Crippen LogP contribution in [0.15, 0.2) is 16.9 Å². The highest BCUT2D eigenvalue weighted by Crippen LogP contribution is 2.39. The number of hydrogen-bond donors (Lipinski definition) is 1. The molecular formula is C21H22F12N4O6. The van der Waals surface area contributed by atoms with Crippen LogP contribution >= 0.6 is 0 Å². The van der Waals surface area contributed by atoms with Crippen molar-refractivity contribution in [3.8, 4) is 5.88 Å². The average molecular weight is 654 g/mol. The average Bonchev–Trinajstić information content (AvgIpc) is 3.43. The largest absolute Gasteiger partial charge is 0.461 e. The summed E-state index contributed by atoms with van der Waals surface area (Å²) in [5, 5.41) is 5.47. The lowest BCUT2D eigenvalue weighted by Gasteiger charge is -2.19. The zero-order chi connectivity index (χ0) is 33.4. The van der Waals surface area contributed by atoms with Gasteiger partial charge in [0.25, 0.3) is 5.56 Å². The fourth-order valence-electron chi connectivity index (χ4n) is 2.75. The highest BCUT2D eigenvalue weighted by Gasteiger charge is 2.57. The van der Waals surface area contributed by atoms with Crippen molar-refractivity contribution in [2.24, 2.45) is 0 Å². The number of aryl methyl sites for hydroxylation is 2. The Morgan fingerprint density at radius 1 is 0.837 bits per heavy atom. The van der Waals surface area contributed by atoms with Gasteiger partial charge in [0.05, 0.1) is 19.8 Å². The fraction of sp³-hybridized carbons (Fsp3) is 0.619. The van der Waals surface area contributed by atoms with Crippen LogP contribution in [0.4, 0.5) is 52.7 Å². The summed E-state index contributed by atoms with van der Waals surface area (Å²) in [6.07, 6.45) is -14.9. The zero-order valence-electron chi connectivity index (χ0n) is 21.8. The number of esters is 2. The lowest BCUT2D eigenvalue weighted by Crippen LogP contribution is -2.38. The van der Waals surface area contributed by atoms with Crippen LogP contribution in [0.1, 0.15) is 47.7 Å². The summed E-state index contributed by atoms with van der Waals surface area (Å²) in [7, 11) is 0. The van der Waals surface area contributed by atoms with E-state index in [4.69, 9.17) is 0 Å². The van der Waals surface area contributed by atoms with Crippen molar-refractivity contribution in [2.45, 2.75) is 70.6 Å². The molecule has 2 rings (SSSR count). The number of carbonyl (C=O) groups is 2. The molecule has 0 spiro atoms. The summed E-state index contributed by atoms with van der Waals surface area (Å²) in [4.78, 5) is 33.9. The molecule has 22 heteroatoms. The van der Waals surface area contributed by atoms with Crippen molar-refractivity contribution >= 4 is 11.9 Å². The van der Waals surface area contributed by atoms with Gasteiger partial charge in [-0.3, -0.25) is 14.6 Å². The molecule has 0 aliphatic rings. The Labute approximate surface area is 232 Å². The molecule has 0 fully saturated rings. The zero-order valence-corrected chi connectivity index (χ0v) is 21.8. The van der Waals surface area contributed by atoms with Crippen molar-refractivity contribution in [1.82, 2.24) is 19.6 Å². The molecular weight excluding hydrogens is 632 g/mol. The second-order valence-corrected chi connectivity index (χ2v) is 7.97. The minimum atomic E-state index is -5.80. The van der Waals surface area contributed by atoms with E-state index in [-0.39, 0.29) is 18.9 Å². The Morgan fingerprint density at radius 3 is 1.79 bits per heavy atom. The van der Waals surface area contributed by atoms with Crippen LogP contribution in [0.5, 0.6) is 5.88 Å². The third-order valence-corrected chi connectivity index (χ3v) is 4.84. The molecule has 2 aromatic heterocycles. The molecule has 0 radical (unpaired) electrons. The van der Waals surface area contributed by atoms with Crippen molar-refractivity contribution in [1.29, 1.82) is 0 Å². The van der Waals surface area contributed by atoms with E-state index in [1.807, 2.05) is 0 Å². The first-order valence-electron chi connectivity index (χ1n) is 11.6. The molecule has 43 heavy (non-hydrogen) atoms. The number of rotatable bonds is 12. The van der Waals surface area contributed by atoms with Gasteiger partial charge in [-0.05, 0) is 13.8 Å². The van der Waals surface area contributed by atoms with Gasteiger partial charge < -0.3 is 14.2 Å². The molecule has 0 aromatic carbocycles. The van der Waals surface area contributed by atoms with Gasteiger partial charge in [-0.15, -0.1) is 0 Å². The lowest BCUT2D eigenvalue weighted by atomic mass is 10.2. The Hall–Kier alpha value is -3.88. The number of H-pyrrole nitrogens is 1. The maximum atomic E-state index is 12.8. The van der Waals surface area contributed by atoms with E-state index < -0.39 is 85.8 Å². The lowest BCUT2D eigenvalue weighted by molar-refractivity contribution is -0.285. The molecule has 0 bridgehead atoms. The summed E-state index contributed by atoms with van der Waals surface area (Å²) in [5.41, 5.74) is -1.77. The second kappa shape index (κ2) is 14.5. The molecule has 246 valence electrons. The van der Waals surface area contributed by atoms with Crippen molar-refractivity contribution in [2.75, 3.05) is 13.2 Å². The molecule has 2 aromatic rings. The highest BCUT2D eigenvalue weighted by molar-refractivity contribution is 5.87.